The molecule has 16 heavy (non-hydrogen) atoms. The fourth-order valence-electron chi connectivity index (χ4n) is 1.14. The third-order valence-electron chi connectivity index (χ3n) is 1.86. The Kier molecular flexibility index (Phi) is 3.98. The van der Waals surface area contributed by atoms with Gasteiger partial charge in [-0.2, -0.15) is 0 Å². The highest BCUT2D eigenvalue weighted by Gasteiger charge is 2.15. The molecule has 0 aliphatic rings. The number of anilines is 2. The smallest absolute Gasteiger partial charge is 0.232 e. The molecule has 0 unspecified atom stereocenters. The van der Waals surface area contributed by atoms with E-state index in [9.17, 15) is 12.8 Å². The molecule has 1 aromatic carbocycles. The van der Waals surface area contributed by atoms with E-state index < -0.39 is 15.8 Å². The van der Waals surface area contributed by atoms with Crippen molar-refractivity contribution in [3.05, 3.63) is 23.0 Å². The lowest BCUT2D eigenvalue weighted by molar-refractivity contribution is 0.597. The van der Waals surface area contributed by atoms with Crippen LogP contribution in [0.3, 0.4) is 0 Å². The Hall–Kier alpha value is -1.01. The van der Waals surface area contributed by atoms with Gasteiger partial charge in [-0.25, -0.2) is 12.8 Å². The number of benzene rings is 1. The minimum absolute atomic E-state index is 0.0518. The second-order valence-corrected chi connectivity index (χ2v) is 5.49. The van der Waals surface area contributed by atoms with Crippen LogP contribution in [0.15, 0.2) is 12.1 Å². The van der Waals surface area contributed by atoms with Crippen molar-refractivity contribution < 1.29 is 12.8 Å². The predicted molar refractivity (Wildman–Crippen MR) is 63.5 cm³/mol. The van der Waals surface area contributed by atoms with Gasteiger partial charge in [0.15, 0.2) is 5.82 Å². The molecule has 0 atom stereocenters. The summed E-state index contributed by atoms with van der Waals surface area (Å²) in [5.41, 5.74) is 4.88. The summed E-state index contributed by atoms with van der Waals surface area (Å²) in [5.74, 6) is -0.929. The van der Waals surface area contributed by atoms with Gasteiger partial charge in [-0.15, -0.1) is 0 Å². The minimum atomic E-state index is -3.53. The third-order valence-corrected chi connectivity index (χ3v) is 3.67. The number of hydrogen-bond donors (Lipinski definition) is 2. The second-order valence-electron chi connectivity index (χ2n) is 3.24. The van der Waals surface area contributed by atoms with Crippen LogP contribution in [0.4, 0.5) is 15.8 Å². The summed E-state index contributed by atoms with van der Waals surface area (Å²) in [7, 11) is -3.53. The zero-order chi connectivity index (χ0) is 12.3. The highest BCUT2D eigenvalue weighted by Crippen LogP contribution is 2.28. The molecule has 0 radical (unpaired) electrons. The molecule has 90 valence electrons. The van der Waals surface area contributed by atoms with Gasteiger partial charge >= 0.3 is 0 Å². The van der Waals surface area contributed by atoms with Crippen LogP contribution >= 0.6 is 11.6 Å². The van der Waals surface area contributed by atoms with E-state index in [0.717, 1.165) is 0 Å². The number of nitrogens with two attached hydrogens (primary N) is 1. The van der Waals surface area contributed by atoms with Gasteiger partial charge in [0.25, 0.3) is 0 Å². The van der Waals surface area contributed by atoms with E-state index in [-0.39, 0.29) is 22.2 Å². The predicted octanol–water partition coefficient (Wildman–Crippen LogP) is 2.21. The Balaban J connectivity index is 3.04. The van der Waals surface area contributed by atoms with Crippen molar-refractivity contribution in [3.63, 3.8) is 0 Å². The number of nitrogen functional groups attached to an aromatic ring is 1. The molecule has 1 rings (SSSR count). The lowest BCUT2D eigenvalue weighted by Crippen LogP contribution is -2.17. The quantitative estimate of drug-likeness (QED) is 0.821. The first-order chi connectivity index (χ1) is 7.37. The van der Waals surface area contributed by atoms with Crippen molar-refractivity contribution in [2.24, 2.45) is 0 Å². The summed E-state index contributed by atoms with van der Waals surface area (Å²) in [6, 6.07) is 2.57. The molecular weight excluding hydrogens is 255 g/mol. The molecule has 4 nitrogen and oxygen atoms in total. The van der Waals surface area contributed by atoms with Crippen LogP contribution in [0.5, 0.6) is 0 Å². The maximum absolute atomic E-state index is 13.5. The van der Waals surface area contributed by atoms with Gasteiger partial charge in [-0.1, -0.05) is 18.5 Å². The lowest BCUT2D eigenvalue weighted by atomic mass is 10.3. The van der Waals surface area contributed by atoms with E-state index in [0.29, 0.717) is 6.42 Å². The number of halogens is 2. The standard InChI is InChI=1S/C9H12ClFN2O2S/c1-2-5-16(14,15)13-7-4-3-6(10)9(12)8(7)11/h3-4,13H,2,5,12H2,1H3. The van der Waals surface area contributed by atoms with Crippen molar-refractivity contribution in [3.8, 4) is 0 Å². The molecule has 0 saturated heterocycles. The second kappa shape index (κ2) is 4.88. The molecule has 1 aromatic rings. The Morgan fingerprint density at radius 3 is 2.69 bits per heavy atom. The Morgan fingerprint density at radius 2 is 2.12 bits per heavy atom. The van der Waals surface area contributed by atoms with E-state index in [4.69, 9.17) is 17.3 Å². The van der Waals surface area contributed by atoms with Gasteiger partial charge in [0.2, 0.25) is 10.0 Å². The van der Waals surface area contributed by atoms with Crippen molar-refractivity contribution in [1.29, 1.82) is 0 Å². The fraction of sp³-hybridized carbons (Fsp3) is 0.333. The van der Waals surface area contributed by atoms with Crippen LogP contribution in [0, 0.1) is 5.82 Å². The van der Waals surface area contributed by atoms with E-state index in [2.05, 4.69) is 4.72 Å². The summed E-state index contributed by atoms with van der Waals surface area (Å²) < 4.78 is 38.4. The van der Waals surface area contributed by atoms with Crippen molar-refractivity contribution in [1.82, 2.24) is 0 Å². The zero-order valence-corrected chi connectivity index (χ0v) is 10.2. The maximum Gasteiger partial charge on any atom is 0.232 e. The molecule has 0 fully saturated rings. The average molecular weight is 267 g/mol. The summed E-state index contributed by atoms with van der Waals surface area (Å²) in [5, 5.41) is 0.0518. The van der Waals surface area contributed by atoms with Gasteiger partial charge in [0.05, 0.1) is 22.2 Å². The maximum atomic E-state index is 13.5. The van der Waals surface area contributed by atoms with Crippen LogP contribution in [0.2, 0.25) is 5.02 Å². The molecule has 0 aliphatic heterocycles. The molecule has 0 amide bonds. The van der Waals surface area contributed by atoms with E-state index in [1.54, 1.807) is 6.92 Å². The van der Waals surface area contributed by atoms with Crippen LogP contribution in [0.1, 0.15) is 13.3 Å². The van der Waals surface area contributed by atoms with Gasteiger partial charge in [-0.3, -0.25) is 4.72 Å². The van der Waals surface area contributed by atoms with Crippen molar-refractivity contribution in [2.45, 2.75) is 13.3 Å². The SMILES string of the molecule is CCCS(=O)(=O)Nc1ccc(Cl)c(N)c1F. The fourth-order valence-corrected chi connectivity index (χ4v) is 2.41. The van der Waals surface area contributed by atoms with E-state index in [1.165, 1.54) is 12.1 Å². The molecule has 0 heterocycles. The number of rotatable bonds is 4. The monoisotopic (exact) mass is 266 g/mol. The summed E-state index contributed by atoms with van der Waals surface area (Å²) in [6.45, 7) is 1.71. The van der Waals surface area contributed by atoms with Crippen LogP contribution in [-0.2, 0) is 10.0 Å². The topological polar surface area (TPSA) is 72.2 Å². The number of sulfonamides is 1. The van der Waals surface area contributed by atoms with Crippen molar-refractivity contribution >= 4 is 33.0 Å². The summed E-state index contributed by atoms with van der Waals surface area (Å²) in [4.78, 5) is 0. The lowest BCUT2D eigenvalue weighted by Gasteiger charge is -2.09. The molecule has 0 spiro atoms. The Morgan fingerprint density at radius 1 is 1.50 bits per heavy atom. The molecule has 7 heteroatoms. The van der Waals surface area contributed by atoms with Gasteiger partial charge in [0, 0.05) is 0 Å². The summed E-state index contributed by atoms with van der Waals surface area (Å²) in [6.07, 6.45) is 0.444. The summed E-state index contributed by atoms with van der Waals surface area (Å²) >= 11 is 5.58. The van der Waals surface area contributed by atoms with Gasteiger partial charge in [-0.05, 0) is 18.6 Å². The normalized spacial score (nSPS) is 11.4. The Bertz CT molecular complexity index is 491. The first-order valence-corrected chi connectivity index (χ1v) is 6.64. The van der Waals surface area contributed by atoms with E-state index in [1.807, 2.05) is 0 Å². The van der Waals surface area contributed by atoms with Crippen LogP contribution < -0.4 is 10.5 Å². The van der Waals surface area contributed by atoms with Crippen LogP contribution in [0.25, 0.3) is 0 Å². The number of hydrogen-bond acceptors (Lipinski definition) is 3. The van der Waals surface area contributed by atoms with Crippen LogP contribution in [-0.4, -0.2) is 14.2 Å². The minimum Gasteiger partial charge on any atom is -0.395 e. The van der Waals surface area contributed by atoms with E-state index >= 15 is 0 Å². The zero-order valence-electron chi connectivity index (χ0n) is 8.63. The average Bonchev–Trinajstić information content (AvgIpc) is 2.19. The van der Waals surface area contributed by atoms with Gasteiger partial charge in [0.1, 0.15) is 0 Å². The van der Waals surface area contributed by atoms with Crippen molar-refractivity contribution in [2.75, 3.05) is 16.2 Å². The molecule has 0 bridgehead atoms. The molecular formula is C9H12ClFN2O2S. The largest absolute Gasteiger partial charge is 0.395 e. The third kappa shape index (κ3) is 2.99. The first-order valence-electron chi connectivity index (χ1n) is 4.61. The van der Waals surface area contributed by atoms with Gasteiger partial charge < -0.3 is 5.73 Å². The first kappa shape index (κ1) is 13.1. The molecule has 0 aromatic heterocycles. The molecule has 0 saturated carbocycles. The highest BCUT2D eigenvalue weighted by molar-refractivity contribution is 7.92. The highest BCUT2D eigenvalue weighted by atomic mass is 35.5. The molecule has 3 N–H and O–H groups in total. The molecule has 0 aliphatic carbocycles. The number of nitrogens with one attached hydrogen (secondary N) is 1. The Labute approximate surface area is 98.6 Å².